The maximum absolute atomic E-state index is 11.4. The van der Waals surface area contributed by atoms with Gasteiger partial charge < -0.3 is 10.6 Å². The number of nitrogens with one attached hydrogen (secondary N) is 2. The molecule has 2 rings (SSSR count). The molecule has 74 valence electrons. The van der Waals surface area contributed by atoms with E-state index in [1.165, 1.54) is 0 Å². The van der Waals surface area contributed by atoms with E-state index in [1.807, 2.05) is 12.1 Å². The van der Waals surface area contributed by atoms with Crippen molar-refractivity contribution < 1.29 is 4.79 Å². The van der Waals surface area contributed by atoms with Crippen molar-refractivity contribution >= 4 is 5.91 Å². The topological polar surface area (TPSA) is 54.0 Å². The Balaban J connectivity index is 2.00. The smallest absolute Gasteiger partial charge is 0.237 e. The fourth-order valence-corrected chi connectivity index (χ4v) is 1.57. The average Bonchev–Trinajstić information content (AvgIpc) is 2.23. The van der Waals surface area contributed by atoms with Gasteiger partial charge in [-0.15, -0.1) is 0 Å². The predicted octanol–water partition coefficient (Wildman–Crippen LogP) is -0.288. The molecule has 2 heterocycles. The van der Waals surface area contributed by atoms with Crippen molar-refractivity contribution in [1.29, 1.82) is 0 Å². The van der Waals surface area contributed by atoms with E-state index < -0.39 is 0 Å². The molecule has 0 bridgehead atoms. The lowest BCUT2D eigenvalue weighted by Gasteiger charge is -2.23. The second kappa shape index (κ2) is 4.19. The summed E-state index contributed by atoms with van der Waals surface area (Å²) in [5, 5.41) is 6.01. The fraction of sp³-hybridized carbons (Fsp3) is 0.400. The van der Waals surface area contributed by atoms with E-state index in [2.05, 4.69) is 15.6 Å². The van der Waals surface area contributed by atoms with Crippen LogP contribution in [0.3, 0.4) is 0 Å². The highest BCUT2D eigenvalue weighted by Gasteiger charge is 2.21. The summed E-state index contributed by atoms with van der Waals surface area (Å²) in [7, 11) is 0. The molecule has 4 heteroatoms. The van der Waals surface area contributed by atoms with Crippen molar-refractivity contribution in [1.82, 2.24) is 15.6 Å². The zero-order valence-corrected chi connectivity index (χ0v) is 7.86. The third-order valence-corrected chi connectivity index (χ3v) is 2.29. The molecule has 4 nitrogen and oxygen atoms in total. The van der Waals surface area contributed by atoms with Crippen LogP contribution in [0.25, 0.3) is 0 Å². The highest BCUT2D eigenvalue weighted by atomic mass is 16.2. The summed E-state index contributed by atoms with van der Waals surface area (Å²) in [6, 6.07) is 3.76. The van der Waals surface area contributed by atoms with Crippen molar-refractivity contribution in [3.63, 3.8) is 0 Å². The van der Waals surface area contributed by atoms with Crippen LogP contribution < -0.4 is 10.6 Å². The second-order valence-electron chi connectivity index (χ2n) is 3.36. The van der Waals surface area contributed by atoms with Crippen LogP contribution in [-0.4, -0.2) is 30.0 Å². The van der Waals surface area contributed by atoms with Gasteiger partial charge in [0, 0.05) is 25.5 Å². The summed E-state index contributed by atoms with van der Waals surface area (Å²) in [4.78, 5) is 15.4. The summed E-state index contributed by atoms with van der Waals surface area (Å²) >= 11 is 0. The van der Waals surface area contributed by atoms with Gasteiger partial charge in [0.15, 0.2) is 0 Å². The van der Waals surface area contributed by atoms with Crippen molar-refractivity contribution in [2.75, 3.05) is 13.1 Å². The Bertz CT molecular complexity index is 312. The van der Waals surface area contributed by atoms with Gasteiger partial charge in [-0.2, -0.15) is 0 Å². The molecule has 0 saturated carbocycles. The van der Waals surface area contributed by atoms with Crippen LogP contribution in [0.4, 0.5) is 0 Å². The predicted molar refractivity (Wildman–Crippen MR) is 52.7 cm³/mol. The quantitative estimate of drug-likeness (QED) is 0.675. The summed E-state index contributed by atoms with van der Waals surface area (Å²) in [5.41, 5.74) is 1.09. The van der Waals surface area contributed by atoms with Gasteiger partial charge in [-0.3, -0.25) is 9.78 Å². The zero-order valence-electron chi connectivity index (χ0n) is 7.86. The summed E-state index contributed by atoms with van der Waals surface area (Å²) in [6.07, 6.45) is 4.24. The van der Waals surface area contributed by atoms with Gasteiger partial charge in [-0.1, -0.05) is 6.07 Å². The first-order chi connectivity index (χ1) is 6.86. The van der Waals surface area contributed by atoms with Crippen LogP contribution >= 0.6 is 0 Å². The first kappa shape index (κ1) is 9.15. The molecule has 1 aliphatic rings. The Morgan fingerprint density at radius 3 is 3.14 bits per heavy atom. The van der Waals surface area contributed by atoms with Crippen LogP contribution in [0.5, 0.6) is 0 Å². The Hall–Kier alpha value is -1.42. The van der Waals surface area contributed by atoms with E-state index in [4.69, 9.17) is 0 Å². The van der Waals surface area contributed by atoms with E-state index in [-0.39, 0.29) is 11.9 Å². The number of amides is 1. The lowest BCUT2D eigenvalue weighted by atomic mass is 10.1. The lowest BCUT2D eigenvalue weighted by molar-refractivity contribution is -0.124. The number of aromatic nitrogens is 1. The highest BCUT2D eigenvalue weighted by molar-refractivity contribution is 5.82. The number of pyridine rings is 1. The Kier molecular flexibility index (Phi) is 2.74. The fourth-order valence-electron chi connectivity index (χ4n) is 1.57. The summed E-state index contributed by atoms with van der Waals surface area (Å²) in [6.45, 7) is 1.57. The SMILES string of the molecule is O=C1NCCNC1Cc1cccnc1. The Morgan fingerprint density at radius 2 is 2.43 bits per heavy atom. The molecule has 1 atom stereocenters. The van der Waals surface area contributed by atoms with Gasteiger partial charge >= 0.3 is 0 Å². The van der Waals surface area contributed by atoms with E-state index >= 15 is 0 Å². The minimum Gasteiger partial charge on any atom is -0.353 e. The monoisotopic (exact) mass is 191 g/mol. The van der Waals surface area contributed by atoms with Gasteiger partial charge in [-0.05, 0) is 18.1 Å². The molecule has 1 amide bonds. The number of nitrogens with zero attached hydrogens (tertiary/aromatic N) is 1. The molecular formula is C10H13N3O. The molecule has 2 N–H and O–H groups in total. The molecule has 1 aromatic rings. The van der Waals surface area contributed by atoms with E-state index in [0.717, 1.165) is 18.7 Å². The van der Waals surface area contributed by atoms with Gasteiger partial charge in [0.1, 0.15) is 0 Å². The largest absolute Gasteiger partial charge is 0.353 e. The van der Waals surface area contributed by atoms with Crippen LogP contribution in [0.2, 0.25) is 0 Å². The normalized spacial score (nSPS) is 21.7. The molecule has 1 fully saturated rings. The lowest BCUT2D eigenvalue weighted by Crippen LogP contribution is -2.53. The van der Waals surface area contributed by atoms with Crippen molar-refractivity contribution in [3.8, 4) is 0 Å². The minimum atomic E-state index is -0.104. The Labute approximate surface area is 82.7 Å². The molecule has 14 heavy (non-hydrogen) atoms. The van der Waals surface area contributed by atoms with E-state index in [0.29, 0.717) is 6.42 Å². The number of carbonyl (C=O) groups excluding carboxylic acids is 1. The second-order valence-corrected chi connectivity index (χ2v) is 3.36. The van der Waals surface area contributed by atoms with Gasteiger partial charge in [0.25, 0.3) is 0 Å². The summed E-state index contributed by atoms with van der Waals surface area (Å²) < 4.78 is 0. The van der Waals surface area contributed by atoms with Crippen molar-refractivity contribution in [2.45, 2.75) is 12.5 Å². The van der Waals surface area contributed by atoms with E-state index in [9.17, 15) is 4.79 Å². The first-order valence-electron chi connectivity index (χ1n) is 4.76. The van der Waals surface area contributed by atoms with Crippen molar-refractivity contribution in [2.24, 2.45) is 0 Å². The molecule has 0 aromatic carbocycles. The standard InChI is InChI=1S/C10H13N3O/c14-10-9(12-4-5-13-10)6-8-2-1-3-11-7-8/h1-3,7,9,12H,4-6H2,(H,13,14). The number of carbonyl (C=O) groups is 1. The third kappa shape index (κ3) is 2.09. The number of rotatable bonds is 2. The average molecular weight is 191 g/mol. The van der Waals surface area contributed by atoms with Crippen LogP contribution in [0.1, 0.15) is 5.56 Å². The van der Waals surface area contributed by atoms with Gasteiger partial charge in [0.2, 0.25) is 5.91 Å². The van der Waals surface area contributed by atoms with Crippen LogP contribution in [0, 0.1) is 0 Å². The minimum absolute atomic E-state index is 0.0834. The molecule has 1 saturated heterocycles. The number of hydrogen-bond acceptors (Lipinski definition) is 3. The van der Waals surface area contributed by atoms with Crippen LogP contribution in [0.15, 0.2) is 24.5 Å². The third-order valence-electron chi connectivity index (χ3n) is 2.29. The summed E-state index contributed by atoms with van der Waals surface area (Å²) in [5.74, 6) is 0.0834. The number of piperazine rings is 1. The highest BCUT2D eigenvalue weighted by Crippen LogP contribution is 2.02. The van der Waals surface area contributed by atoms with Gasteiger partial charge in [-0.25, -0.2) is 0 Å². The van der Waals surface area contributed by atoms with Crippen LogP contribution in [-0.2, 0) is 11.2 Å². The molecule has 1 aromatic heterocycles. The molecule has 0 radical (unpaired) electrons. The van der Waals surface area contributed by atoms with Gasteiger partial charge in [0.05, 0.1) is 6.04 Å². The van der Waals surface area contributed by atoms with E-state index in [1.54, 1.807) is 12.4 Å². The number of hydrogen-bond donors (Lipinski definition) is 2. The van der Waals surface area contributed by atoms with Crippen molar-refractivity contribution in [3.05, 3.63) is 30.1 Å². The molecule has 1 unspecified atom stereocenters. The first-order valence-corrected chi connectivity index (χ1v) is 4.76. The molecular weight excluding hydrogens is 178 g/mol. The maximum atomic E-state index is 11.4. The molecule has 1 aliphatic heterocycles. The zero-order chi connectivity index (χ0) is 9.80. The Morgan fingerprint density at radius 1 is 1.50 bits per heavy atom. The maximum Gasteiger partial charge on any atom is 0.237 e. The molecule has 0 spiro atoms. The molecule has 0 aliphatic carbocycles.